The van der Waals surface area contributed by atoms with Crippen molar-refractivity contribution in [2.75, 3.05) is 13.2 Å². The van der Waals surface area contributed by atoms with Gasteiger partial charge in [-0.05, 0) is 12.8 Å². The van der Waals surface area contributed by atoms with Crippen LogP contribution in [0.15, 0.2) is 0 Å². The fourth-order valence-electron chi connectivity index (χ4n) is 1.49. The lowest BCUT2D eigenvalue weighted by atomic mass is 9.75. The molecule has 66 valence electrons. The van der Waals surface area contributed by atoms with Crippen LogP contribution in [0.1, 0.15) is 26.7 Å². The van der Waals surface area contributed by atoms with E-state index in [1.165, 1.54) is 0 Å². The Morgan fingerprint density at radius 3 is 2.00 bits per heavy atom. The summed E-state index contributed by atoms with van der Waals surface area (Å²) < 4.78 is 4.96. The zero-order valence-corrected chi connectivity index (χ0v) is 7.26. The summed E-state index contributed by atoms with van der Waals surface area (Å²) in [5, 5.41) is 9.88. The average molecular weight is 159 g/mol. The molecule has 0 aromatic heterocycles. The van der Waals surface area contributed by atoms with E-state index in [0.717, 1.165) is 12.8 Å². The minimum Gasteiger partial charge on any atom is -0.383 e. The Balaban J connectivity index is 2.67. The highest BCUT2D eigenvalue weighted by molar-refractivity contribution is 5.06. The molecule has 0 amide bonds. The summed E-state index contributed by atoms with van der Waals surface area (Å²) >= 11 is 0. The fraction of sp³-hybridized carbons (Fsp3) is 1.00. The van der Waals surface area contributed by atoms with Gasteiger partial charge in [0.2, 0.25) is 0 Å². The first-order valence-corrected chi connectivity index (χ1v) is 4.17. The van der Waals surface area contributed by atoms with Crippen molar-refractivity contribution in [3.05, 3.63) is 0 Å². The third-order valence-electron chi connectivity index (χ3n) is 2.87. The van der Waals surface area contributed by atoms with Gasteiger partial charge >= 0.3 is 0 Å². The molecule has 0 aromatic carbocycles. The van der Waals surface area contributed by atoms with Gasteiger partial charge < -0.3 is 15.6 Å². The highest BCUT2D eigenvalue weighted by Crippen LogP contribution is 2.32. The Hall–Kier alpha value is -0.120. The maximum atomic E-state index is 9.88. The molecule has 1 saturated heterocycles. The van der Waals surface area contributed by atoms with Crippen LogP contribution in [0.5, 0.6) is 0 Å². The Labute approximate surface area is 67.5 Å². The lowest BCUT2D eigenvalue weighted by Crippen LogP contribution is -2.69. The Bertz CT molecular complexity index is 139. The van der Waals surface area contributed by atoms with E-state index in [1.807, 2.05) is 13.8 Å². The third-order valence-corrected chi connectivity index (χ3v) is 2.87. The van der Waals surface area contributed by atoms with Crippen molar-refractivity contribution >= 4 is 0 Å². The van der Waals surface area contributed by atoms with Gasteiger partial charge in [0.15, 0.2) is 0 Å². The van der Waals surface area contributed by atoms with Crippen molar-refractivity contribution < 1.29 is 9.84 Å². The van der Waals surface area contributed by atoms with Gasteiger partial charge in [-0.2, -0.15) is 0 Å². The molecule has 0 aliphatic carbocycles. The maximum absolute atomic E-state index is 9.88. The van der Waals surface area contributed by atoms with E-state index in [0.29, 0.717) is 13.2 Å². The van der Waals surface area contributed by atoms with Crippen LogP contribution in [0, 0.1) is 0 Å². The lowest BCUT2D eigenvalue weighted by molar-refractivity contribution is -0.215. The zero-order valence-electron chi connectivity index (χ0n) is 7.26. The molecule has 1 aliphatic heterocycles. The van der Waals surface area contributed by atoms with Crippen molar-refractivity contribution in [2.24, 2.45) is 5.73 Å². The topological polar surface area (TPSA) is 55.5 Å². The van der Waals surface area contributed by atoms with E-state index >= 15 is 0 Å². The Morgan fingerprint density at radius 2 is 1.91 bits per heavy atom. The Morgan fingerprint density at radius 1 is 1.45 bits per heavy atom. The fourth-order valence-corrected chi connectivity index (χ4v) is 1.49. The SMILES string of the molecule is CCC(N)(CC)C1(O)COC1. The van der Waals surface area contributed by atoms with Crippen molar-refractivity contribution in [1.29, 1.82) is 0 Å². The second-order valence-corrected chi connectivity index (χ2v) is 3.39. The van der Waals surface area contributed by atoms with Crippen molar-refractivity contribution in [2.45, 2.75) is 37.8 Å². The van der Waals surface area contributed by atoms with Gasteiger partial charge in [0.05, 0.1) is 13.2 Å². The normalized spacial score (nSPS) is 22.9. The Kier molecular flexibility index (Phi) is 2.23. The number of hydrogen-bond acceptors (Lipinski definition) is 3. The predicted octanol–water partition coefficient (Wildman–Crippen LogP) is 0.265. The largest absolute Gasteiger partial charge is 0.383 e. The van der Waals surface area contributed by atoms with E-state index in [4.69, 9.17) is 10.5 Å². The number of rotatable bonds is 3. The minimum atomic E-state index is -0.767. The third kappa shape index (κ3) is 1.17. The molecule has 0 saturated carbocycles. The van der Waals surface area contributed by atoms with Gasteiger partial charge in [0.1, 0.15) is 5.60 Å². The van der Waals surface area contributed by atoms with E-state index in [9.17, 15) is 5.11 Å². The average Bonchev–Trinajstić information content (AvgIpc) is 1.98. The molecule has 0 spiro atoms. The molecule has 0 atom stereocenters. The lowest BCUT2D eigenvalue weighted by Gasteiger charge is -2.49. The van der Waals surface area contributed by atoms with Crippen LogP contribution < -0.4 is 5.73 Å². The van der Waals surface area contributed by atoms with Crippen LogP contribution in [0.2, 0.25) is 0 Å². The van der Waals surface area contributed by atoms with E-state index in [1.54, 1.807) is 0 Å². The molecule has 1 heterocycles. The molecule has 1 aliphatic rings. The van der Waals surface area contributed by atoms with Gasteiger partial charge in [-0.15, -0.1) is 0 Å². The number of hydrogen-bond donors (Lipinski definition) is 2. The molecule has 3 N–H and O–H groups in total. The second kappa shape index (κ2) is 2.73. The van der Waals surface area contributed by atoms with Crippen LogP contribution in [-0.4, -0.2) is 29.5 Å². The molecule has 1 rings (SSSR count). The van der Waals surface area contributed by atoms with E-state index in [-0.39, 0.29) is 0 Å². The van der Waals surface area contributed by atoms with Gasteiger partial charge in [0.25, 0.3) is 0 Å². The maximum Gasteiger partial charge on any atom is 0.129 e. The molecular formula is C8H17NO2. The van der Waals surface area contributed by atoms with Gasteiger partial charge in [-0.1, -0.05) is 13.8 Å². The van der Waals surface area contributed by atoms with Crippen molar-refractivity contribution in [1.82, 2.24) is 0 Å². The summed E-state index contributed by atoms with van der Waals surface area (Å²) in [7, 11) is 0. The summed E-state index contributed by atoms with van der Waals surface area (Å²) in [6, 6.07) is 0. The van der Waals surface area contributed by atoms with Crippen LogP contribution in [0.25, 0.3) is 0 Å². The quantitative estimate of drug-likeness (QED) is 0.621. The first-order valence-electron chi connectivity index (χ1n) is 4.17. The van der Waals surface area contributed by atoms with Gasteiger partial charge in [-0.3, -0.25) is 0 Å². The minimum absolute atomic E-state index is 0.394. The summed E-state index contributed by atoms with van der Waals surface area (Å²) in [6.07, 6.45) is 1.59. The molecule has 0 radical (unpaired) electrons. The molecule has 0 unspecified atom stereocenters. The molecule has 0 bridgehead atoms. The summed E-state index contributed by atoms with van der Waals surface area (Å²) in [6.45, 7) is 4.79. The first-order chi connectivity index (χ1) is 5.08. The second-order valence-electron chi connectivity index (χ2n) is 3.39. The predicted molar refractivity (Wildman–Crippen MR) is 43.3 cm³/mol. The number of ether oxygens (including phenoxy) is 1. The van der Waals surface area contributed by atoms with Crippen molar-refractivity contribution in [3.8, 4) is 0 Å². The number of nitrogens with two attached hydrogens (primary N) is 1. The summed E-state index contributed by atoms with van der Waals surface area (Å²) in [4.78, 5) is 0. The van der Waals surface area contributed by atoms with Gasteiger partial charge in [0, 0.05) is 5.54 Å². The highest BCUT2D eigenvalue weighted by Gasteiger charge is 2.50. The van der Waals surface area contributed by atoms with Crippen LogP contribution >= 0.6 is 0 Å². The van der Waals surface area contributed by atoms with E-state index < -0.39 is 11.1 Å². The summed E-state index contributed by atoms with van der Waals surface area (Å²) in [5.74, 6) is 0. The zero-order chi connectivity index (χ0) is 8.54. The molecule has 3 heteroatoms. The van der Waals surface area contributed by atoms with Crippen LogP contribution in [0.4, 0.5) is 0 Å². The van der Waals surface area contributed by atoms with Crippen LogP contribution in [0.3, 0.4) is 0 Å². The molecule has 1 fully saturated rings. The first kappa shape index (κ1) is 8.97. The number of aliphatic hydroxyl groups is 1. The van der Waals surface area contributed by atoms with Gasteiger partial charge in [-0.25, -0.2) is 0 Å². The summed E-state index contributed by atoms with van der Waals surface area (Å²) in [5.41, 5.74) is 4.79. The standard InChI is InChI=1S/C8H17NO2/c1-3-7(9,4-2)8(10)5-11-6-8/h10H,3-6,9H2,1-2H3. The monoisotopic (exact) mass is 159 g/mol. The van der Waals surface area contributed by atoms with Crippen molar-refractivity contribution in [3.63, 3.8) is 0 Å². The molecule has 11 heavy (non-hydrogen) atoms. The van der Waals surface area contributed by atoms with E-state index in [2.05, 4.69) is 0 Å². The molecule has 0 aromatic rings. The molecular weight excluding hydrogens is 142 g/mol. The van der Waals surface area contributed by atoms with Crippen LogP contribution in [-0.2, 0) is 4.74 Å². The smallest absolute Gasteiger partial charge is 0.129 e. The molecule has 3 nitrogen and oxygen atoms in total. The highest BCUT2D eigenvalue weighted by atomic mass is 16.5.